The lowest BCUT2D eigenvalue weighted by Crippen LogP contribution is -2.40. The van der Waals surface area contributed by atoms with Crippen molar-refractivity contribution in [2.75, 3.05) is 37.8 Å². The van der Waals surface area contributed by atoms with Crippen LogP contribution < -0.4 is 9.46 Å². The van der Waals surface area contributed by atoms with Crippen molar-refractivity contribution < 1.29 is 13.2 Å². The molecule has 0 aliphatic carbocycles. The SMILES string of the molecule is CN(C)CCOc1cc(NS(=O)(=O)C2SCN3C=CC=CN23)ccc1I. The summed E-state index contributed by atoms with van der Waals surface area (Å²) in [6, 6.07) is 5.33. The highest BCUT2D eigenvalue weighted by molar-refractivity contribution is 14.1. The average Bonchev–Trinajstić information content (AvgIpc) is 3.02. The van der Waals surface area contributed by atoms with Crippen LogP contribution in [0.1, 0.15) is 0 Å². The van der Waals surface area contributed by atoms with Gasteiger partial charge in [-0.3, -0.25) is 14.7 Å². The van der Waals surface area contributed by atoms with E-state index in [1.165, 1.54) is 11.8 Å². The van der Waals surface area contributed by atoms with Gasteiger partial charge in [0, 0.05) is 25.0 Å². The van der Waals surface area contributed by atoms with Crippen LogP contribution in [-0.4, -0.2) is 61.2 Å². The van der Waals surface area contributed by atoms with Gasteiger partial charge in [0.05, 0.1) is 15.1 Å². The maximum Gasteiger partial charge on any atom is 0.265 e. The smallest absolute Gasteiger partial charge is 0.265 e. The predicted molar refractivity (Wildman–Crippen MR) is 114 cm³/mol. The summed E-state index contributed by atoms with van der Waals surface area (Å²) in [4.78, 5) is 2.03. The Morgan fingerprint density at radius 2 is 2.12 bits per heavy atom. The number of allylic oxidation sites excluding steroid dienone is 2. The van der Waals surface area contributed by atoms with Crippen molar-refractivity contribution in [1.82, 2.24) is 14.9 Å². The molecule has 1 atom stereocenters. The molecule has 0 amide bonds. The number of likely N-dealkylation sites (N-methyl/N-ethyl adjacent to an activating group) is 1. The fourth-order valence-electron chi connectivity index (χ4n) is 2.43. The summed E-state index contributed by atoms with van der Waals surface area (Å²) in [5.74, 6) is 1.27. The molecule has 0 radical (unpaired) electrons. The van der Waals surface area contributed by atoms with E-state index in [0.29, 0.717) is 23.9 Å². The van der Waals surface area contributed by atoms with Crippen molar-refractivity contribution in [1.29, 1.82) is 0 Å². The van der Waals surface area contributed by atoms with E-state index in [1.807, 2.05) is 48.4 Å². The molecular weight excluding hydrogens is 487 g/mol. The summed E-state index contributed by atoms with van der Waals surface area (Å²) < 4.78 is 34.4. The first-order valence-corrected chi connectivity index (χ1v) is 11.6. The zero-order valence-corrected chi connectivity index (χ0v) is 18.3. The Labute approximate surface area is 172 Å². The van der Waals surface area contributed by atoms with Crippen LogP contribution in [0.4, 0.5) is 5.69 Å². The van der Waals surface area contributed by atoms with E-state index < -0.39 is 14.7 Å². The molecule has 1 saturated heterocycles. The van der Waals surface area contributed by atoms with E-state index in [0.717, 1.165) is 10.1 Å². The van der Waals surface area contributed by atoms with E-state index in [9.17, 15) is 8.42 Å². The van der Waals surface area contributed by atoms with Crippen LogP contribution in [0.15, 0.2) is 42.8 Å². The number of benzene rings is 1. The first-order chi connectivity index (χ1) is 12.4. The topological polar surface area (TPSA) is 65.1 Å². The lowest BCUT2D eigenvalue weighted by atomic mass is 10.3. The van der Waals surface area contributed by atoms with Gasteiger partial charge in [0.15, 0.2) is 0 Å². The molecule has 0 saturated carbocycles. The molecular formula is C16H21IN4O3S2. The molecule has 1 N–H and O–H groups in total. The third kappa shape index (κ3) is 4.59. The lowest BCUT2D eigenvalue weighted by Gasteiger charge is -2.30. The minimum absolute atomic E-state index is 0.501. The zero-order chi connectivity index (χ0) is 18.7. The molecule has 7 nitrogen and oxygen atoms in total. The molecule has 10 heteroatoms. The number of anilines is 1. The molecule has 3 rings (SSSR count). The van der Waals surface area contributed by atoms with Crippen molar-refractivity contribution in [2.24, 2.45) is 0 Å². The zero-order valence-electron chi connectivity index (χ0n) is 14.5. The predicted octanol–water partition coefficient (Wildman–Crippen LogP) is 2.52. The number of fused-ring (bicyclic) bond motifs is 1. The number of sulfonamides is 1. The second-order valence-electron chi connectivity index (χ2n) is 6.05. The molecule has 1 unspecified atom stereocenters. The Kier molecular flexibility index (Phi) is 6.25. The Morgan fingerprint density at radius 3 is 2.88 bits per heavy atom. The number of rotatable bonds is 7. The Bertz CT molecular complexity index is 814. The molecule has 2 heterocycles. The monoisotopic (exact) mass is 508 g/mol. The second kappa shape index (κ2) is 8.28. The van der Waals surface area contributed by atoms with Crippen LogP contribution >= 0.6 is 34.4 Å². The minimum Gasteiger partial charge on any atom is -0.491 e. The van der Waals surface area contributed by atoms with E-state index in [-0.39, 0.29) is 0 Å². The van der Waals surface area contributed by atoms with E-state index >= 15 is 0 Å². The number of nitrogens with zero attached hydrogens (tertiary/aromatic N) is 3. The van der Waals surface area contributed by atoms with Gasteiger partial charge in [0.1, 0.15) is 12.4 Å². The molecule has 1 fully saturated rings. The summed E-state index contributed by atoms with van der Waals surface area (Å²) in [7, 11) is 0.355. The quantitative estimate of drug-likeness (QED) is 0.568. The molecule has 0 aromatic heterocycles. The van der Waals surface area contributed by atoms with Gasteiger partial charge in [0.25, 0.3) is 10.0 Å². The molecule has 2 aliphatic heterocycles. The number of halogens is 1. The highest BCUT2D eigenvalue weighted by Gasteiger charge is 2.39. The number of hydrazine groups is 1. The largest absolute Gasteiger partial charge is 0.491 e. The molecule has 0 bridgehead atoms. The summed E-state index contributed by atoms with van der Waals surface area (Å²) in [6.45, 7) is 1.33. The Morgan fingerprint density at radius 1 is 1.35 bits per heavy atom. The summed E-state index contributed by atoms with van der Waals surface area (Å²) >= 11 is 3.54. The van der Waals surface area contributed by atoms with Gasteiger partial charge in [-0.15, -0.1) is 0 Å². The van der Waals surface area contributed by atoms with Crippen LogP contribution in [0.3, 0.4) is 0 Å². The van der Waals surface area contributed by atoms with Crippen LogP contribution in [-0.2, 0) is 10.0 Å². The van der Waals surface area contributed by atoms with Crippen molar-refractivity contribution in [3.8, 4) is 5.75 Å². The molecule has 26 heavy (non-hydrogen) atoms. The maximum absolute atomic E-state index is 12.8. The third-order valence-corrected chi connectivity index (χ3v) is 7.96. The highest BCUT2D eigenvalue weighted by atomic mass is 127. The summed E-state index contributed by atoms with van der Waals surface area (Å²) in [5.41, 5.74) is 0.501. The van der Waals surface area contributed by atoms with Crippen molar-refractivity contribution >= 4 is 50.1 Å². The first-order valence-electron chi connectivity index (χ1n) is 7.97. The van der Waals surface area contributed by atoms with Crippen LogP contribution in [0.25, 0.3) is 0 Å². The molecule has 2 aliphatic rings. The Balaban J connectivity index is 1.71. The van der Waals surface area contributed by atoms with Gasteiger partial charge >= 0.3 is 0 Å². The summed E-state index contributed by atoms with van der Waals surface area (Å²) in [6.07, 6.45) is 7.35. The molecule has 1 aromatic carbocycles. The van der Waals surface area contributed by atoms with Crippen LogP contribution in [0, 0.1) is 3.57 Å². The number of nitrogens with one attached hydrogen (secondary N) is 1. The maximum atomic E-state index is 12.8. The first kappa shape index (κ1) is 19.6. The summed E-state index contributed by atoms with van der Waals surface area (Å²) in [5, 5.41) is 3.59. The van der Waals surface area contributed by atoms with Gasteiger partial charge in [0.2, 0.25) is 4.71 Å². The molecule has 142 valence electrons. The van der Waals surface area contributed by atoms with Crippen molar-refractivity contribution in [2.45, 2.75) is 4.71 Å². The minimum atomic E-state index is -3.60. The van der Waals surface area contributed by atoms with Gasteiger partial charge in [-0.2, -0.15) is 0 Å². The average molecular weight is 508 g/mol. The second-order valence-corrected chi connectivity index (χ2v) is 10.3. The van der Waals surface area contributed by atoms with E-state index in [1.54, 1.807) is 23.3 Å². The van der Waals surface area contributed by atoms with Crippen LogP contribution in [0.2, 0.25) is 0 Å². The lowest BCUT2D eigenvalue weighted by molar-refractivity contribution is 0.128. The van der Waals surface area contributed by atoms with Crippen molar-refractivity contribution in [3.05, 3.63) is 46.3 Å². The molecule has 1 aromatic rings. The third-order valence-electron chi connectivity index (χ3n) is 3.72. The van der Waals surface area contributed by atoms with Crippen LogP contribution in [0.5, 0.6) is 5.75 Å². The van der Waals surface area contributed by atoms with Gasteiger partial charge in [-0.1, -0.05) is 11.8 Å². The number of thioether (sulfide) groups is 1. The van der Waals surface area contributed by atoms with E-state index in [4.69, 9.17) is 4.74 Å². The van der Waals surface area contributed by atoms with E-state index in [2.05, 4.69) is 27.3 Å². The standard InChI is InChI=1S/C16H21IN4O3S2/c1-19(2)9-10-24-15-11-13(5-6-14(15)17)18-26(22,23)16-21-8-4-3-7-20(21)12-25-16/h3-8,11,16,18H,9-10,12H2,1-2H3. The van der Waals surface area contributed by atoms with Crippen molar-refractivity contribution in [3.63, 3.8) is 0 Å². The molecule has 0 spiro atoms. The van der Waals surface area contributed by atoms with Gasteiger partial charge in [-0.05, 0) is 61.0 Å². The van der Waals surface area contributed by atoms with Gasteiger partial charge in [-0.25, -0.2) is 8.42 Å². The number of hydrogen-bond acceptors (Lipinski definition) is 7. The number of ether oxygens (including phenoxy) is 1. The highest BCUT2D eigenvalue weighted by Crippen LogP contribution is 2.35. The fourth-order valence-corrected chi connectivity index (χ4v) is 5.84. The fraction of sp³-hybridized carbons (Fsp3) is 0.375. The van der Waals surface area contributed by atoms with Gasteiger partial charge < -0.3 is 9.64 Å². The Hall–Kier alpha value is -1.11. The number of hydrogen-bond donors (Lipinski definition) is 1. The normalized spacial score (nSPS) is 19.2.